The van der Waals surface area contributed by atoms with Crippen LogP contribution in [0.3, 0.4) is 0 Å². The van der Waals surface area contributed by atoms with Crippen LogP contribution in [0.15, 0.2) is 47.1 Å². The maximum atomic E-state index is 6.22. The highest BCUT2D eigenvalue weighted by Gasteiger charge is 2.10. The Balaban J connectivity index is 1.89. The van der Waals surface area contributed by atoms with Gasteiger partial charge >= 0.3 is 0 Å². The maximum Gasteiger partial charge on any atom is 0.230 e. The molecule has 1 aromatic carbocycles. The molecule has 24 heavy (non-hydrogen) atoms. The third-order valence-electron chi connectivity index (χ3n) is 3.18. The number of halogens is 3. The van der Waals surface area contributed by atoms with E-state index in [-0.39, 0.29) is 0 Å². The van der Waals surface area contributed by atoms with Gasteiger partial charge < -0.3 is 11.1 Å². The SMILES string of the molecule is Nc1cc(Cc2c(Cl)cccc2Cl)nc(Nc2cc(Br)ccn2)n1. The summed E-state index contributed by atoms with van der Waals surface area (Å²) in [6.45, 7) is 0. The number of anilines is 3. The molecule has 0 spiro atoms. The Morgan fingerprint density at radius 3 is 2.54 bits per heavy atom. The van der Waals surface area contributed by atoms with Crippen LogP contribution in [0.5, 0.6) is 0 Å². The van der Waals surface area contributed by atoms with Crippen molar-refractivity contribution in [2.45, 2.75) is 6.42 Å². The van der Waals surface area contributed by atoms with Gasteiger partial charge in [0.05, 0.1) is 5.69 Å². The third kappa shape index (κ3) is 4.14. The van der Waals surface area contributed by atoms with E-state index < -0.39 is 0 Å². The first-order valence-electron chi connectivity index (χ1n) is 6.96. The van der Waals surface area contributed by atoms with Gasteiger partial charge in [-0.2, -0.15) is 4.98 Å². The summed E-state index contributed by atoms with van der Waals surface area (Å²) < 4.78 is 0.895. The van der Waals surface area contributed by atoms with Crippen LogP contribution in [-0.2, 0) is 6.42 Å². The highest BCUT2D eigenvalue weighted by molar-refractivity contribution is 9.10. The van der Waals surface area contributed by atoms with Gasteiger partial charge in [-0.15, -0.1) is 0 Å². The van der Waals surface area contributed by atoms with Gasteiger partial charge in [-0.05, 0) is 29.8 Å². The molecular weight excluding hydrogens is 413 g/mol. The molecule has 0 bridgehead atoms. The summed E-state index contributed by atoms with van der Waals surface area (Å²) in [5, 5.41) is 4.20. The van der Waals surface area contributed by atoms with Crippen molar-refractivity contribution in [3.8, 4) is 0 Å². The van der Waals surface area contributed by atoms with E-state index in [1.54, 1.807) is 30.5 Å². The molecule has 0 aliphatic heterocycles. The molecule has 2 heterocycles. The van der Waals surface area contributed by atoms with E-state index in [9.17, 15) is 0 Å². The first kappa shape index (κ1) is 17.0. The van der Waals surface area contributed by atoms with Gasteiger partial charge in [-0.3, -0.25) is 0 Å². The Kier molecular flexibility index (Phi) is 5.18. The summed E-state index contributed by atoms with van der Waals surface area (Å²) in [5.41, 5.74) is 7.39. The van der Waals surface area contributed by atoms with Gasteiger partial charge in [-0.1, -0.05) is 45.2 Å². The lowest BCUT2D eigenvalue weighted by Crippen LogP contribution is -2.05. The highest BCUT2D eigenvalue weighted by atomic mass is 79.9. The Hall–Kier alpha value is -1.89. The number of nitrogens with one attached hydrogen (secondary N) is 1. The first-order valence-corrected chi connectivity index (χ1v) is 8.51. The monoisotopic (exact) mass is 423 g/mol. The fourth-order valence-electron chi connectivity index (χ4n) is 2.14. The summed E-state index contributed by atoms with van der Waals surface area (Å²) in [6.07, 6.45) is 2.12. The molecule has 5 nitrogen and oxygen atoms in total. The van der Waals surface area contributed by atoms with E-state index in [4.69, 9.17) is 28.9 Å². The second kappa shape index (κ2) is 7.34. The summed E-state index contributed by atoms with van der Waals surface area (Å²) in [6, 6.07) is 10.7. The zero-order chi connectivity index (χ0) is 17.1. The van der Waals surface area contributed by atoms with Gasteiger partial charge in [0.15, 0.2) is 0 Å². The van der Waals surface area contributed by atoms with Crippen molar-refractivity contribution in [3.05, 3.63) is 68.4 Å². The fourth-order valence-corrected chi connectivity index (χ4v) is 3.00. The second-order valence-electron chi connectivity index (χ2n) is 4.97. The van der Waals surface area contributed by atoms with Crippen LogP contribution in [-0.4, -0.2) is 15.0 Å². The number of nitrogens with zero attached hydrogens (tertiary/aromatic N) is 3. The molecule has 0 saturated carbocycles. The lowest BCUT2D eigenvalue weighted by Gasteiger charge is -2.10. The molecular formula is C16H12BrCl2N5. The molecule has 0 aliphatic rings. The zero-order valence-corrected chi connectivity index (χ0v) is 15.4. The quantitative estimate of drug-likeness (QED) is 0.625. The van der Waals surface area contributed by atoms with Crippen LogP contribution in [0.25, 0.3) is 0 Å². The summed E-state index contributed by atoms with van der Waals surface area (Å²) in [7, 11) is 0. The highest BCUT2D eigenvalue weighted by Crippen LogP contribution is 2.27. The minimum absolute atomic E-state index is 0.348. The largest absolute Gasteiger partial charge is 0.384 e. The molecule has 3 N–H and O–H groups in total. The Labute approximate surface area is 157 Å². The van der Waals surface area contributed by atoms with Crippen molar-refractivity contribution in [2.75, 3.05) is 11.1 Å². The standard InChI is InChI=1S/C16H12BrCl2N5/c17-9-4-5-21-15(6-9)24-16-22-10(8-14(20)23-16)7-11-12(18)2-1-3-13(11)19/h1-6,8H,7H2,(H3,20,21,22,23,24). The van der Waals surface area contributed by atoms with E-state index >= 15 is 0 Å². The minimum atomic E-state index is 0.348. The number of benzene rings is 1. The predicted octanol–water partition coefficient (Wildman–Crippen LogP) is 4.86. The molecule has 0 aliphatic carbocycles. The molecule has 0 fully saturated rings. The number of nitrogen functional groups attached to an aromatic ring is 1. The average molecular weight is 425 g/mol. The number of pyridine rings is 1. The molecule has 0 amide bonds. The van der Waals surface area contributed by atoms with Gasteiger partial charge in [0.25, 0.3) is 0 Å². The van der Waals surface area contributed by atoms with Crippen LogP contribution in [0.4, 0.5) is 17.6 Å². The normalized spacial score (nSPS) is 10.6. The second-order valence-corrected chi connectivity index (χ2v) is 6.70. The lowest BCUT2D eigenvalue weighted by atomic mass is 10.1. The molecule has 0 saturated heterocycles. The van der Waals surface area contributed by atoms with Crippen molar-refractivity contribution >= 4 is 56.7 Å². The van der Waals surface area contributed by atoms with E-state index in [1.165, 1.54) is 0 Å². The van der Waals surface area contributed by atoms with E-state index in [2.05, 4.69) is 36.2 Å². The molecule has 122 valence electrons. The van der Waals surface area contributed by atoms with Crippen molar-refractivity contribution in [1.29, 1.82) is 0 Å². The van der Waals surface area contributed by atoms with Crippen molar-refractivity contribution in [1.82, 2.24) is 15.0 Å². The van der Waals surface area contributed by atoms with E-state index in [0.717, 1.165) is 10.0 Å². The van der Waals surface area contributed by atoms with Crippen molar-refractivity contribution in [2.24, 2.45) is 0 Å². The van der Waals surface area contributed by atoms with Crippen LogP contribution in [0.1, 0.15) is 11.3 Å². The summed E-state index contributed by atoms with van der Waals surface area (Å²) in [5.74, 6) is 1.32. The molecule has 0 unspecified atom stereocenters. The summed E-state index contributed by atoms with van der Waals surface area (Å²) >= 11 is 15.8. The van der Waals surface area contributed by atoms with Crippen molar-refractivity contribution < 1.29 is 0 Å². The van der Waals surface area contributed by atoms with Crippen LogP contribution in [0.2, 0.25) is 10.0 Å². The molecule has 2 aromatic heterocycles. The fraction of sp³-hybridized carbons (Fsp3) is 0.0625. The van der Waals surface area contributed by atoms with Crippen LogP contribution < -0.4 is 11.1 Å². The van der Waals surface area contributed by atoms with Gasteiger partial charge in [-0.25, -0.2) is 9.97 Å². The zero-order valence-electron chi connectivity index (χ0n) is 12.3. The number of hydrogen-bond donors (Lipinski definition) is 2. The maximum absolute atomic E-state index is 6.22. The third-order valence-corrected chi connectivity index (χ3v) is 4.38. The Bertz CT molecular complexity index is 868. The first-order chi connectivity index (χ1) is 11.5. The summed E-state index contributed by atoms with van der Waals surface area (Å²) in [4.78, 5) is 12.8. The molecule has 0 radical (unpaired) electrons. The number of hydrogen-bond acceptors (Lipinski definition) is 5. The topological polar surface area (TPSA) is 76.7 Å². The Morgan fingerprint density at radius 2 is 1.83 bits per heavy atom. The van der Waals surface area contributed by atoms with Gasteiger partial charge in [0, 0.05) is 33.2 Å². The van der Waals surface area contributed by atoms with Gasteiger partial charge in [0.1, 0.15) is 11.6 Å². The van der Waals surface area contributed by atoms with Gasteiger partial charge in [0.2, 0.25) is 5.95 Å². The number of rotatable bonds is 4. The smallest absolute Gasteiger partial charge is 0.230 e. The molecule has 3 rings (SSSR count). The van der Waals surface area contributed by atoms with Crippen LogP contribution >= 0.6 is 39.1 Å². The molecule has 8 heteroatoms. The van der Waals surface area contributed by atoms with E-state index in [1.807, 2.05) is 12.1 Å². The minimum Gasteiger partial charge on any atom is -0.384 e. The van der Waals surface area contributed by atoms with Crippen molar-refractivity contribution in [3.63, 3.8) is 0 Å². The van der Waals surface area contributed by atoms with E-state index in [0.29, 0.717) is 39.7 Å². The average Bonchev–Trinajstić information content (AvgIpc) is 2.50. The lowest BCUT2D eigenvalue weighted by molar-refractivity contribution is 1.03. The Morgan fingerprint density at radius 1 is 1.08 bits per heavy atom. The van der Waals surface area contributed by atoms with Crippen LogP contribution in [0, 0.1) is 0 Å². The predicted molar refractivity (Wildman–Crippen MR) is 101 cm³/mol. The molecule has 0 atom stereocenters. The molecule has 3 aromatic rings. The number of aromatic nitrogens is 3. The number of nitrogens with two attached hydrogens (primary N) is 1.